The molecular weight excluding hydrogens is 314 g/mol. The number of hydrogen-bond acceptors (Lipinski definition) is 2. The number of hydrogen-bond donors (Lipinski definition) is 0. The van der Waals surface area contributed by atoms with Crippen molar-refractivity contribution in [1.82, 2.24) is 4.90 Å². The highest BCUT2D eigenvalue weighted by Gasteiger charge is 2.29. The Morgan fingerprint density at radius 1 is 1.25 bits per heavy atom. The van der Waals surface area contributed by atoms with Gasteiger partial charge in [0, 0.05) is 23.8 Å². The van der Waals surface area contributed by atoms with Crippen molar-refractivity contribution in [2.75, 3.05) is 25.0 Å². The number of fused-ring (bicyclic) bond motifs is 1. The zero-order valence-electron chi connectivity index (χ0n) is 12.1. The van der Waals surface area contributed by atoms with Crippen molar-refractivity contribution in [3.63, 3.8) is 0 Å². The van der Waals surface area contributed by atoms with Crippen LogP contribution in [0.25, 0.3) is 0 Å². The van der Waals surface area contributed by atoms with Crippen molar-refractivity contribution < 1.29 is 4.74 Å². The molecule has 1 aromatic carbocycles. The first-order valence-corrected chi connectivity index (χ1v) is 9.02. The highest BCUT2D eigenvalue weighted by atomic mass is 79.9. The Morgan fingerprint density at radius 2 is 2.15 bits per heavy atom. The molecule has 0 amide bonds. The molecule has 0 aromatic heterocycles. The van der Waals surface area contributed by atoms with E-state index in [4.69, 9.17) is 4.74 Å². The first kappa shape index (κ1) is 14.4. The third-order valence-corrected chi connectivity index (χ3v) is 5.27. The van der Waals surface area contributed by atoms with Gasteiger partial charge in [-0.15, -0.1) is 0 Å². The lowest BCUT2D eigenvalue weighted by Crippen LogP contribution is -2.34. The van der Waals surface area contributed by atoms with Crippen molar-refractivity contribution in [3.05, 3.63) is 29.8 Å². The standard InChI is InChI=1S/C17H24BrNO/c18-10-3-5-15-6-4-11-19(15)13-14-9-12-20-17-8-2-1-7-16(14)17/h1-2,7-8,14-15H,3-6,9-13H2. The molecule has 0 saturated carbocycles. The van der Waals surface area contributed by atoms with Gasteiger partial charge in [-0.05, 0) is 50.3 Å². The third-order valence-electron chi connectivity index (χ3n) is 4.71. The second-order valence-electron chi connectivity index (χ2n) is 5.99. The van der Waals surface area contributed by atoms with Crippen LogP contribution in [0.2, 0.25) is 0 Å². The van der Waals surface area contributed by atoms with Crippen LogP contribution in [0.4, 0.5) is 0 Å². The van der Waals surface area contributed by atoms with E-state index in [-0.39, 0.29) is 0 Å². The van der Waals surface area contributed by atoms with E-state index in [0.29, 0.717) is 5.92 Å². The number of nitrogens with zero attached hydrogens (tertiary/aromatic N) is 1. The van der Waals surface area contributed by atoms with Gasteiger partial charge >= 0.3 is 0 Å². The zero-order valence-corrected chi connectivity index (χ0v) is 13.6. The van der Waals surface area contributed by atoms with Crippen molar-refractivity contribution >= 4 is 15.9 Å². The summed E-state index contributed by atoms with van der Waals surface area (Å²) in [6, 6.07) is 9.40. The SMILES string of the molecule is BrCCCC1CCCN1CC1CCOc2ccccc21. The fourth-order valence-corrected chi connectivity index (χ4v) is 3.99. The number of ether oxygens (including phenoxy) is 1. The summed E-state index contributed by atoms with van der Waals surface area (Å²) >= 11 is 3.56. The summed E-state index contributed by atoms with van der Waals surface area (Å²) in [5.74, 6) is 1.77. The van der Waals surface area contributed by atoms with Crippen LogP contribution in [-0.4, -0.2) is 36.0 Å². The molecule has 2 unspecified atom stereocenters. The molecule has 0 spiro atoms. The van der Waals surface area contributed by atoms with E-state index in [9.17, 15) is 0 Å². The van der Waals surface area contributed by atoms with Gasteiger partial charge in [0.25, 0.3) is 0 Å². The molecular formula is C17H24BrNO. The lowest BCUT2D eigenvalue weighted by Gasteiger charge is -2.32. The maximum absolute atomic E-state index is 5.79. The van der Waals surface area contributed by atoms with Crippen LogP contribution in [0, 0.1) is 0 Å². The molecule has 0 N–H and O–H groups in total. The van der Waals surface area contributed by atoms with Gasteiger partial charge in [-0.25, -0.2) is 0 Å². The van der Waals surface area contributed by atoms with Gasteiger partial charge in [0.05, 0.1) is 6.61 Å². The number of alkyl halides is 1. The quantitative estimate of drug-likeness (QED) is 0.747. The summed E-state index contributed by atoms with van der Waals surface area (Å²) in [5, 5.41) is 1.14. The minimum absolute atomic E-state index is 0.657. The van der Waals surface area contributed by atoms with Gasteiger partial charge in [0.1, 0.15) is 5.75 Å². The largest absolute Gasteiger partial charge is 0.493 e. The lowest BCUT2D eigenvalue weighted by molar-refractivity contribution is 0.194. The molecule has 20 heavy (non-hydrogen) atoms. The summed E-state index contributed by atoms with van der Waals surface area (Å²) < 4.78 is 5.79. The second kappa shape index (κ2) is 6.95. The van der Waals surface area contributed by atoms with Crippen LogP contribution in [0.15, 0.2) is 24.3 Å². The number of likely N-dealkylation sites (tertiary alicyclic amines) is 1. The molecule has 1 fully saturated rings. The van der Waals surface area contributed by atoms with Crippen molar-refractivity contribution in [2.24, 2.45) is 0 Å². The summed E-state index contributed by atoms with van der Waals surface area (Å²) in [6.45, 7) is 3.38. The minimum atomic E-state index is 0.657. The zero-order chi connectivity index (χ0) is 13.8. The smallest absolute Gasteiger partial charge is 0.122 e. The van der Waals surface area contributed by atoms with E-state index >= 15 is 0 Å². The van der Waals surface area contributed by atoms with E-state index in [1.165, 1.54) is 50.8 Å². The Kier molecular flexibility index (Phi) is 5.00. The van der Waals surface area contributed by atoms with Crippen LogP contribution in [0.5, 0.6) is 5.75 Å². The predicted octanol–water partition coefficient (Wildman–Crippen LogP) is 4.19. The van der Waals surface area contributed by atoms with Gasteiger partial charge in [-0.2, -0.15) is 0 Å². The Hall–Kier alpha value is -0.540. The predicted molar refractivity (Wildman–Crippen MR) is 86.9 cm³/mol. The van der Waals surface area contributed by atoms with Crippen molar-refractivity contribution in [2.45, 2.75) is 44.1 Å². The van der Waals surface area contributed by atoms with E-state index in [1.54, 1.807) is 0 Å². The maximum Gasteiger partial charge on any atom is 0.122 e. The molecule has 3 heteroatoms. The highest BCUT2D eigenvalue weighted by Crippen LogP contribution is 2.35. The van der Waals surface area contributed by atoms with Crippen LogP contribution < -0.4 is 4.74 Å². The third kappa shape index (κ3) is 3.20. The van der Waals surface area contributed by atoms with Crippen LogP contribution in [-0.2, 0) is 0 Å². The minimum Gasteiger partial charge on any atom is -0.493 e. The monoisotopic (exact) mass is 337 g/mol. The molecule has 1 aromatic rings. The summed E-state index contributed by atoms with van der Waals surface area (Å²) in [7, 11) is 0. The van der Waals surface area contributed by atoms with E-state index < -0.39 is 0 Å². The Labute approximate surface area is 130 Å². The van der Waals surface area contributed by atoms with Gasteiger partial charge in [-0.3, -0.25) is 4.90 Å². The number of rotatable bonds is 5. The Bertz CT molecular complexity index is 437. The fraction of sp³-hybridized carbons (Fsp3) is 0.647. The molecule has 0 bridgehead atoms. The average Bonchev–Trinajstić information content (AvgIpc) is 2.93. The topological polar surface area (TPSA) is 12.5 Å². The first-order chi connectivity index (χ1) is 9.88. The molecule has 2 atom stereocenters. The van der Waals surface area contributed by atoms with Crippen molar-refractivity contribution in [1.29, 1.82) is 0 Å². The van der Waals surface area contributed by atoms with Crippen LogP contribution >= 0.6 is 15.9 Å². The molecule has 1 saturated heterocycles. The molecule has 2 nitrogen and oxygen atoms in total. The van der Waals surface area contributed by atoms with Crippen LogP contribution in [0.3, 0.4) is 0 Å². The summed E-state index contributed by atoms with van der Waals surface area (Å²) in [5.41, 5.74) is 1.42. The van der Waals surface area contributed by atoms with Gasteiger partial charge in [0.15, 0.2) is 0 Å². The van der Waals surface area contributed by atoms with E-state index in [1.807, 2.05) is 0 Å². The van der Waals surface area contributed by atoms with Gasteiger partial charge < -0.3 is 4.74 Å². The number of para-hydroxylation sites is 1. The number of halogens is 1. The fourth-order valence-electron chi connectivity index (χ4n) is 3.66. The van der Waals surface area contributed by atoms with Crippen LogP contribution in [0.1, 0.15) is 43.6 Å². The Morgan fingerprint density at radius 3 is 3.05 bits per heavy atom. The molecule has 2 aliphatic rings. The Balaban J connectivity index is 1.66. The molecule has 2 aliphatic heterocycles. The van der Waals surface area contributed by atoms with E-state index in [2.05, 4.69) is 45.1 Å². The lowest BCUT2D eigenvalue weighted by atomic mass is 9.92. The van der Waals surface area contributed by atoms with Crippen molar-refractivity contribution in [3.8, 4) is 5.75 Å². The average molecular weight is 338 g/mol. The molecule has 3 rings (SSSR count). The molecule has 0 aliphatic carbocycles. The molecule has 2 heterocycles. The highest BCUT2D eigenvalue weighted by molar-refractivity contribution is 9.09. The summed E-state index contributed by atoms with van der Waals surface area (Å²) in [4.78, 5) is 2.73. The van der Waals surface area contributed by atoms with Gasteiger partial charge in [-0.1, -0.05) is 34.1 Å². The first-order valence-electron chi connectivity index (χ1n) is 7.90. The van der Waals surface area contributed by atoms with E-state index in [0.717, 1.165) is 23.7 Å². The normalized spacial score (nSPS) is 26.2. The summed E-state index contributed by atoms with van der Waals surface area (Å²) in [6.07, 6.45) is 6.57. The molecule has 0 radical (unpaired) electrons. The number of benzene rings is 1. The maximum atomic E-state index is 5.79. The van der Waals surface area contributed by atoms with Gasteiger partial charge in [0.2, 0.25) is 0 Å². The molecule has 110 valence electrons. The second-order valence-corrected chi connectivity index (χ2v) is 6.79.